The van der Waals surface area contributed by atoms with Crippen LogP contribution in [0.3, 0.4) is 0 Å². The molecule has 0 saturated heterocycles. The molecule has 0 bridgehead atoms. The van der Waals surface area contributed by atoms with Gasteiger partial charge >= 0.3 is 0 Å². The molecule has 2 aromatic rings. The van der Waals surface area contributed by atoms with E-state index in [1.165, 1.54) is 0 Å². The van der Waals surface area contributed by atoms with E-state index in [1.54, 1.807) is 6.07 Å². The van der Waals surface area contributed by atoms with E-state index >= 15 is 0 Å². The monoisotopic (exact) mass is 325 g/mol. The summed E-state index contributed by atoms with van der Waals surface area (Å²) in [5, 5.41) is 1.14. The molecule has 0 spiro atoms. The molecule has 2 rings (SSSR count). The van der Waals surface area contributed by atoms with E-state index < -0.39 is 0 Å². The predicted octanol–water partition coefficient (Wildman–Crippen LogP) is 4.43. The first-order valence-electron chi connectivity index (χ1n) is 6.67. The maximum Gasteiger partial charge on any atom is 0.180 e. The first-order chi connectivity index (χ1) is 10.2. The van der Waals surface area contributed by atoms with Crippen LogP contribution in [0.1, 0.15) is 18.1 Å². The summed E-state index contributed by atoms with van der Waals surface area (Å²) in [5.41, 5.74) is 7.43. The zero-order valence-corrected chi connectivity index (χ0v) is 13.2. The van der Waals surface area contributed by atoms with Gasteiger partial charge < -0.3 is 15.2 Å². The van der Waals surface area contributed by atoms with Crippen LogP contribution in [-0.4, -0.2) is 6.61 Å². The van der Waals surface area contributed by atoms with Crippen molar-refractivity contribution in [3.8, 4) is 11.5 Å². The SMILES string of the molecule is CCOc1cc(CN)cc(Cl)c1OCc1ccccc1Cl. The topological polar surface area (TPSA) is 44.5 Å². The molecule has 0 fully saturated rings. The van der Waals surface area contributed by atoms with Crippen molar-refractivity contribution >= 4 is 23.2 Å². The Labute approximate surface area is 134 Å². The molecular weight excluding hydrogens is 309 g/mol. The second kappa shape index (κ2) is 7.55. The summed E-state index contributed by atoms with van der Waals surface area (Å²) < 4.78 is 11.4. The number of benzene rings is 2. The van der Waals surface area contributed by atoms with Crippen molar-refractivity contribution in [2.45, 2.75) is 20.1 Å². The summed E-state index contributed by atoms with van der Waals surface area (Å²) in [6.07, 6.45) is 0. The third-order valence-electron chi connectivity index (χ3n) is 2.93. The fourth-order valence-corrected chi connectivity index (χ4v) is 2.39. The molecule has 2 aromatic carbocycles. The second-order valence-corrected chi connectivity index (χ2v) is 5.24. The Bertz CT molecular complexity index is 617. The van der Waals surface area contributed by atoms with Crippen molar-refractivity contribution in [3.05, 3.63) is 57.6 Å². The summed E-state index contributed by atoms with van der Waals surface area (Å²) in [6.45, 7) is 3.14. The van der Waals surface area contributed by atoms with Crippen LogP contribution in [0.2, 0.25) is 10.0 Å². The number of rotatable bonds is 6. The Morgan fingerprint density at radius 3 is 2.48 bits per heavy atom. The third-order valence-corrected chi connectivity index (χ3v) is 3.58. The molecule has 0 aliphatic rings. The smallest absolute Gasteiger partial charge is 0.180 e. The minimum Gasteiger partial charge on any atom is -0.490 e. The molecule has 5 heteroatoms. The zero-order valence-electron chi connectivity index (χ0n) is 11.7. The van der Waals surface area contributed by atoms with E-state index in [4.69, 9.17) is 38.4 Å². The normalized spacial score (nSPS) is 10.5. The lowest BCUT2D eigenvalue weighted by Gasteiger charge is -2.15. The highest BCUT2D eigenvalue weighted by Gasteiger charge is 2.13. The average molecular weight is 326 g/mol. The molecule has 3 nitrogen and oxygen atoms in total. The second-order valence-electron chi connectivity index (χ2n) is 4.42. The Morgan fingerprint density at radius 1 is 1.05 bits per heavy atom. The summed E-state index contributed by atoms with van der Waals surface area (Å²) in [4.78, 5) is 0. The van der Waals surface area contributed by atoms with Crippen molar-refractivity contribution in [2.75, 3.05) is 6.61 Å². The Hall–Kier alpha value is -1.42. The third kappa shape index (κ3) is 4.03. The molecule has 0 radical (unpaired) electrons. The molecule has 2 N–H and O–H groups in total. The standard InChI is InChI=1S/C16H17Cl2NO2/c1-2-20-15-8-11(9-19)7-14(18)16(15)21-10-12-5-3-4-6-13(12)17/h3-8H,2,9-10,19H2,1H3. The molecule has 0 aromatic heterocycles. The zero-order chi connectivity index (χ0) is 15.2. The lowest BCUT2D eigenvalue weighted by atomic mass is 10.2. The van der Waals surface area contributed by atoms with Crippen LogP contribution < -0.4 is 15.2 Å². The van der Waals surface area contributed by atoms with E-state index in [9.17, 15) is 0 Å². The number of hydrogen-bond acceptors (Lipinski definition) is 3. The maximum absolute atomic E-state index is 6.26. The van der Waals surface area contributed by atoms with E-state index in [2.05, 4.69) is 0 Å². The van der Waals surface area contributed by atoms with Gasteiger partial charge in [-0.15, -0.1) is 0 Å². The number of ether oxygens (including phenoxy) is 2. The van der Waals surface area contributed by atoms with Crippen LogP contribution in [0.5, 0.6) is 11.5 Å². The largest absolute Gasteiger partial charge is 0.490 e. The highest BCUT2D eigenvalue weighted by atomic mass is 35.5. The molecule has 0 atom stereocenters. The Kier molecular flexibility index (Phi) is 5.74. The van der Waals surface area contributed by atoms with Gasteiger partial charge in [-0.25, -0.2) is 0 Å². The van der Waals surface area contributed by atoms with Gasteiger partial charge in [0.1, 0.15) is 6.61 Å². The van der Waals surface area contributed by atoms with Crippen LogP contribution in [0.4, 0.5) is 0 Å². The fraction of sp³-hybridized carbons (Fsp3) is 0.250. The van der Waals surface area contributed by atoms with Gasteiger partial charge in [0, 0.05) is 17.1 Å². The van der Waals surface area contributed by atoms with Gasteiger partial charge in [-0.1, -0.05) is 41.4 Å². The van der Waals surface area contributed by atoms with Crippen molar-refractivity contribution in [2.24, 2.45) is 5.73 Å². The highest BCUT2D eigenvalue weighted by Crippen LogP contribution is 2.37. The number of nitrogens with two attached hydrogens (primary N) is 1. The van der Waals surface area contributed by atoms with Gasteiger partial charge in [0.05, 0.1) is 11.6 Å². The van der Waals surface area contributed by atoms with Crippen LogP contribution >= 0.6 is 23.2 Å². The van der Waals surface area contributed by atoms with Crippen molar-refractivity contribution in [1.29, 1.82) is 0 Å². The van der Waals surface area contributed by atoms with Gasteiger partial charge in [-0.05, 0) is 30.7 Å². The summed E-state index contributed by atoms with van der Waals surface area (Å²) in [5.74, 6) is 1.10. The number of hydrogen-bond donors (Lipinski definition) is 1. The Balaban J connectivity index is 2.24. The lowest BCUT2D eigenvalue weighted by Crippen LogP contribution is -2.03. The lowest BCUT2D eigenvalue weighted by molar-refractivity contribution is 0.269. The van der Waals surface area contributed by atoms with Crippen LogP contribution in [0.25, 0.3) is 0 Å². The van der Waals surface area contributed by atoms with E-state index in [-0.39, 0.29) is 0 Å². The average Bonchev–Trinajstić information content (AvgIpc) is 2.48. The molecular formula is C16H17Cl2NO2. The summed E-state index contributed by atoms with van der Waals surface area (Å²) >= 11 is 12.4. The molecule has 21 heavy (non-hydrogen) atoms. The maximum atomic E-state index is 6.26. The van der Waals surface area contributed by atoms with Gasteiger partial charge in [0.25, 0.3) is 0 Å². The first kappa shape index (κ1) is 16.0. The first-order valence-corrected chi connectivity index (χ1v) is 7.42. The van der Waals surface area contributed by atoms with Gasteiger partial charge in [0.15, 0.2) is 11.5 Å². The van der Waals surface area contributed by atoms with E-state index in [0.717, 1.165) is 11.1 Å². The van der Waals surface area contributed by atoms with Crippen LogP contribution in [0, 0.1) is 0 Å². The minimum absolute atomic E-state index is 0.321. The quantitative estimate of drug-likeness (QED) is 0.854. The highest BCUT2D eigenvalue weighted by molar-refractivity contribution is 6.32. The van der Waals surface area contributed by atoms with Crippen molar-refractivity contribution < 1.29 is 9.47 Å². The van der Waals surface area contributed by atoms with Gasteiger partial charge in [0.2, 0.25) is 0 Å². The summed E-state index contributed by atoms with van der Waals surface area (Å²) in [7, 11) is 0. The molecule has 0 aliphatic heterocycles. The molecule has 0 aliphatic carbocycles. The van der Waals surface area contributed by atoms with Crippen LogP contribution in [0.15, 0.2) is 36.4 Å². The molecule has 112 valence electrons. The van der Waals surface area contributed by atoms with E-state index in [1.807, 2.05) is 37.3 Å². The van der Waals surface area contributed by atoms with Gasteiger partial charge in [-0.2, -0.15) is 0 Å². The predicted molar refractivity (Wildman–Crippen MR) is 86.3 cm³/mol. The molecule has 0 amide bonds. The summed E-state index contributed by atoms with van der Waals surface area (Å²) in [6, 6.07) is 11.1. The molecule has 0 heterocycles. The molecule has 0 unspecified atom stereocenters. The van der Waals surface area contributed by atoms with E-state index in [0.29, 0.717) is 41.3 Å². The van der Waals surface area contributed by atoms with Gasteiger partial charge in [-0.3, -0.25) is 0 Å². The molecule has 0 saturated carbocycles. The van der Waals surface area contributed by atoms with Crippen LogP contribution in [-0.2, 0) is 13.2 Å². The Morgan fingerprint density at radius 2 is 1.81 bits per heavy atom. The fourth-order valence-electron chi connectivity index (χ4n) is 1.91. The van der Waals surface area contributed by atoms with Crippen molar-refractivity contribution in [3.63, 3.8) is 0 Å². The van der Waals surface area contributed by atoms with Crippen molar-refractivity contribution in [1.82, 2.24) is 0 Å². The minimum atomic E-state index is 0.321. The number of halogens is 2.